The Kier molecular flexibility index (Phi) is 2.56. The lowest BCUT2D eigenvalue weighted by Gasteiger charge is -2.07. The van der Waals surface area contributed by atoms with Gasteiger partial charge in [-0.2, -0.15) is 5.10 Å². The number of aromatic nitrogens is 3. The zero-order chi connectivity index (χ0) is 13.4. The fourth-order valence-electron chi connectivity index (χ4n) is 1.82. The molecule has 0 fully saturated rings. The predicted molar refractivity (Wildman–Crippen MR) is 69.4 cm³/mol. The second-order valence-corrected chi connectivity index (χ2v) is 4.14. The van der Waals surface area contributed by atoms with Crippen molar-refractivity contribution in [1.82, 2.24) is 14.8 Å². The third kappa shape index (κ3) is 2.08. The minimum absolute atomic E-state index is 0.116. The maximum absolute atomic E-state index is 13.7. The Morgan fingerprint density at radius 2 is 2.11 bits per heavy atom. The van der Waals surface area contributed by atoms with Gasteiger partial charge in [-0.1, -0.05) is 0 Å². The predicted octanol–water partition coefficient (Wildman–Crippen LogP) is 2.48. The van der Waals surface area contributed by atoms with Crippen LogP contribution in [0.3, 0.4) is 0 Å². The highest BCUT2D eigenvalue weighted by Gasteiger charge is 2.10. The Balaban J connectivity index is 2.05. The quantitative estimate of drug-likeness (QED) is 0.717. The van der Waals surface area contributed by atoms with Gasteiger partial charge in [-0.25, -0.2) is 9.37 Å². The molecular formula is C13H11FN4O. The van der Waals surface area contributed by atoms with E-state index in [-0.39, 0.29) is 5.75 Å². The molecule has 0 aliphatic heterocycles. The lowest BCUT2D eigenvalue weighted by atomic mass is 10.3. The van der Waals surface area contributed by atoms with Crippen LogP contribution in [0.4, 0.5) is 10.1 Å². The van der Waals surface area contributed by atoms with E-state index in [0.717, 1.165) is 5.39 Å². The molecule has 0 amide bonds. The summed E-state index contributed by atoms with van der Waals surface area (Å²) in [5.74, 6) is 0.112. The summed E-state index contributed by atoms with van der Waals surface area (Å²) in [7, 11) is 1.79. The first-order valence-corrected chi connectivity index (χ1v) is 5.65. The molecule has 1 aromatic carbocycles. The molecule has 0 atom stereocenters. The lowest BCUT2D eigenvalue weighted by molar-refractivity contribution is 0.446. The molecule has 2 heterocycles. The van der Waals surface area contributed by atoms with Crippen LogP contribution >= 0.6 is 0 Å². The van der Waals surface area contributed by atoms with Gasteiger partial charge in [0.25, 0.3) is 0 Å². The molecule has 0 bridgehead atoms. The van der Waals surface area contributed by atoms with Gasteiger partial charge >= 0.3 is 0 Å². The standard InChI is InChI=1S/C13H11FN4O/c1-18-7-9-11(4-5-16-13(9)17-18)19-12-3-2-8(15)6-10(12)14/h2-7H,15H2,1H3. The molecule has 0 spiro atoms. The molecule has 2 N–H and O–H groups in total. The fraction of sp³-hybridized carbons (Fsp3) is 0.0769. The van der Waals surface area contributed by atoms with Crippen molar-refractivity contribution in [1.29, 1.82) is 0 Å². The molecule has 2 aromatic heterocycles. The Hall–Kier alpha value is -2.63. The number of fused-ring (bicyclic) bond motifs is 1. The first-order valence-electron chi connectivity index (χ1n) is 5.65. The van der Waals surface area contributed by atoms with Crippen molar-refractivity contribution in [3.05, 3.63) is 42.5 Å². The molecule has 3 aromatic rings. The van der Waals surface area contributed by atoms with Crippen molar-refractivity contribution in [3.63, 3.8) is 0 Å². The summed E-state index contributed by atoms with van der Waals surface area (Å²) in [5, 5.41) is 4.89. The largest absolute Gasteiger partial charge is 0.453 e. The Morgan fingerprint density at radius 1 is 1.26 bits per heavy atom. The Labute approximate surface area is 108 Å². The minimum atomic E-state index is -0.506. The summed E-state index contributed by atoms with van der Waals surface area (Å²) in [6.45, 7) is 0. The molecule has 0 aliphatic carbocycles. The van der Waals surface area contributed by atoms with Crippen molar-refractivity contribution < 1.29 is 9.13 Å². The van der Waals surface area contributed by atoms with Crippen LogP contribution < -0.4 is 10.5 Å². The summed E-state index contributed by atoms with van der Waals surface area (Å²) >= 11 is 0. The number of halogens is 1. The number of nitrogen functional groups attached to an aromatic ring is 1. The number of pyridine rings is 1. The van der Waals surface area contributed by atoms with Crippen LogP contribution in [0.1, 0.15) is 0 Å². The topological polar surface area (TPSA) is 66.0 Å². The zero-order valence-electron chi connectivity index (χ0n) is 10.2. The molecule has 6 heteroatoms. The Morgan fingerprint density at radius 3 is 2.89 bits per heavy atom. The number of aryl methyl sites for hydroxylation is 1. The van der Waals surface area contributed by atoms with Crippen molar-refractivity contribution >= 4 is 16.7 Å². The molecule has 0 unspecified atom stereocenters. The van der Waals surface area contributed by atoms with Gasteiger partial charge in [0.1, 0.15) is 5.75 Å². The maximum atomic E-state index is 13.7. The summed E-state index contributed by atoms with van der Waals surface area (Å²) in [6.07, 6.45) is 3.34. The van der Waals surface area contributed by atoms with Crippen LogP contribution in [0, 0.1) is 5.82 Å². The van der Waals surface area contributed by atoms with Crippen molar-refractivity contribution in [3.8, 4) is 11.5 Å². The van der Waals surface area contributed by atoms with E-state index < -0.39 is 5.82 Å². The number of nitrogens with zero attached hydrogens (tertiary/aromatic N) is 3. The summed E-state index contributed by atoms with van der Waals surface area (Å²) in [4.78, 5) is 4.12. The van der Waals surface area contributed by atoms with Gasteiger partial charge in [0.05, 0.1) is 5.39 Å². The maximum Gasteiger partial charge on any atom is 0.184 e. The van der Waals surface area contributed by atoms with Crippen molar-refractivity contribution in [2.75, 3.05) is 5.73 Å². The average molecular weight is 258 g/mol. The molecule has 0 radical (unpaired) electrons. The summed E-state index contributed by atoms with van der Waals surface area (Å²) < 4.78 is 20.9. The molecule has 0 saturated heterocycles. The third-order valence-corrected chi connectivity index (χ3v) is 2.67. The minimum Gasteiger partial charge on any atom is -0.453 e. The molecule has 5 nitrogen and oxygen atoms in total. The highest BCUT2D eigenvalue weighted by atomic mass is 19.1. The van der Waals surface area contributed by atoms with E-state index in [4.69, 9.17) is 10.5 Å². The van der Waals surface area contributed by atoms with Crippen LogP contribution in [0.15, 0.2) is 36.7 Å². The molecule has 0 saturated carbocycles. The van der Waals surface area contributed by atoms with E-state index in [0.29, 0.717) is 17.1 Å². The molecule has 0 aliphatic rings. The molecule has 19 heavy (non-hydrogen) atoms. The van der Waals surface area contributed by atoms with Crippen molar-refractivity contribution in [2.45, 2.75) is 0 Å². The van der Waals surface area contributed by atoms with E-state index in [1.54, 1.807) is 36.3 Å². The summed E-state index contributed by atoms with van der Waals surface area (Å²) in [5.41, 5.74) is 6.40. The smallest absolute Gasteiger partial charge is 0.184 e. The third-order valence-electron chi connectivity index (χ3n) is 2.67. The number of ether oxygens (including phenoxy) is 1. The average Bonchev–Trinajstić information content (AvgIpc) is 2.74. The van der Waals surface area contributed by atoms with E-state index in [9.17, 15) is 4.39 Å². The van der Waals surface area contributed by atoms with E-state index in [2.05, 4.69) is 10.1 Å². The number of nitrogens with two attached hydrogens (primary N) is 1. The molecular weight excluding hydrogens is 247 g/mol. The fourth-order valence-corrected chi connectivity index (χ4v) is 1.82. The Bertz CT molecular complexity index is 753. The van der Waals surface area contributed by atoms with Gasteiger partial charge in [0, 0.05) is 31.2 Å². The molecule has 96 valence electrons. The number of anilines is 1. The van der Waals surface area contributed by atoms with E-state index in [1.807, 2.05) is 0 Å². The van der Waals surface area contributed by atoms with Crippen LogP contribution in [0.5, 0.6) is 11.5 Å². The van der Waals surface area contributed by atoms with Crippen LogP contribution in [0.25, 0.3) is 11.0 Å². The van der Waals surface area contributed by atoms with Gasteiger partial charge in [0.2, 0.25) is 0 Å². The van der Waals surface area contributed by atoms with Gasteiger partial charge in [0.15, 0.2) is 17.2 Å². The van der Waals surface area contributed by atoms with Gasteiger partial charge in [-0.05, 0) is 18.2 Å². The van der Waals surface area contributed by atoms with Crippen molar-refractivity contribution in [2.24, 2.45) is 7.05 Å². The number of hydrogen-bond acceptors (Lipinski definition) is 4. The highest BCUT2D eigenvalue weighted by Crippen LogP contribution is 2.30. The number of hydrogen-bond donors (Lipinski definition) is 1. The SMILES string of the molecule is Cn1cc2c(Oc3ccc(N)cc3F)ccnc2n1. The van der Waals surface area contributed by atoms with Crippen LogP contribution in [-0.4, -0.2) is 14.8 Å². The number of rotatable bonds is 2. The second-order valence-electron chi connectivity index (χ2n) is 4.14. The highest BCUT2D eigenvalue weighted by molar-refractivity contribution is 5.81. The van der Waals surface area contributed by atoms with E-state index in [1.165, 1.54) is 12.1 Å². The zero-order valence-corrected chi connectivity index (χ0v) is 10.2. The van der Waals surface area contributed by atoms with Crippen LogP contribution in [-0.2, 0) is 7.05 Å². The molecule has 3 rings (SSSR count). The number of benzene rings is 1. The monoisotopic (exact) mass is 258 g/mol. The lowest BCUT2D eigenvalue weighted by Crippen LogP contribution is -1.92. The van der Waals surface area contributed by atoms with Crippen LogP contribution in [0.2, 0.25) is 0 Å². The first kappa shape index (κ1) is 11.5. The normalized spacial score (nSPS) is 10.8. The first-order chi connectivity index (χ1) is 9.13. The summed E-state index contributed by atoms with van der Waals surface area (Å²) in [6, 6.07) is 5.96. The second kappa shape index (κ2) is 4.24. The van der Waals surface area contributed by atoms with Gasteiger partial charge in [-0.3, -0.25) is 4.68 Å². The van der Waals surface area contributed by atoms with Gasteiger partial charge in [-0.15, -0.1) is 0 Å². The van der Waals surface area contributed by atoms with Gasteiger partial charge < -0.3 is 10.5 Å². The van der Waals surface area contributed by atoms with E-state index >= 15 is 0 Å².